The van der Waals surface area contributed by atoms with Gasteiger partial charge in [0.2, 0.25) is 0 Å². The van der Waals surface area contributed by atoms with Gasteiger partial charge in [0.25, 0.3) is 5.56 Å². The molecule has 0 amide bonds. The number of fused-ring (bicyclic) bond motifs is 2. The molecule has 1 atom stereocenters. The molecule has 0 bridgehead atoms. The van der Waals surface area contributed by atoms with Gasteiger partial charge in [-0.25, -0.2) is 4.98 Å². The second kappa shape index (κ2) is 9.59. The summed E-state index contributed by atoms with van der Waals surface area (Å²) >= 11 is 1.71. The van der Waals surface area contributed by atoms with Gasteiger partial charge in [-0.05, 0) is 47.2 Å². The molecule has 2 aromatic heterocycles. The zero-order chi connectivity index (χ0) is 24.5. The summed E-state index contributed by atoms with van der Waals surface area (Å²) in [4.78, 5) is 24.2. The van der Waals surface area contributed by atoms with Crippen LogP contribution in [-0.2, 0) is 13.0 Å². The highest BCUT2D eigenvalue weighted by Gasteiger charge is 2.31. The lowest BCUT2D eigenvalue weighted by molar-refractivity contribution is 0.201. The Hall–Kier alpha value is -3.56. The van der Waals surface area contributed by atoms with Crippen molar-refractivity contribution in [1.29, 1.82) is 0 Å². The molecular formula is C26H27N3O5S. The third kappa shape index (κ3) is 4.21. The summed E-state index contributed by atoms with van der Waals surface area (Å²) in [6.45, 7) is 1.29. The van der Waals surface area contributed by atoms with Crippen LogP contribution < -0.4 is 24.5 Å². The summed E-state index contributed by atoms with van der Waals surface area (Å²) in [5, 5.41) is 2.54. The first-order valence-electron chi connectivity index (χ1n) is 11.2. The molecule has 5 rings (SSSR count). The van der Waals surface area contributed by atoms with E-state index in [0.717, 1.165) is 18.7 Å². The maximum Gasteiger partial charge on any atom is 0.258 e. The average molecular weight is 494 g/mol. The molecule has 0 fully saturated rings. The van der Waals surface area contributed by atoms with E-state index in [1.54, 1.807) is 51.9 Å². The van der Waals surface area contributed by atoms with E-state index in [0.29, 0.717) is 40.5 Å². The molecule has 4 aromatic rings. The molecule has 9 heteroatoms. The molecule has 35 heavy (non-hydrogen) atoms. The summed E-state index contributed by atoms with van der Waals surface area (Å²) in [7, 11) is 6.42. The van der Waals surface area contributed by atoms with Crippen molar-refractivity contribution in [3.8, 4) is 23.0 Å². The van der Waals surface area contributed by atoms with Crippen LogP contribution in [0.5, 0.6) is 23.0 Å². The molecule has 0 unspecified atom stereocenters. The Bertz CT molecular complexity index is 1420. The molecule has 2 aromatic carbocycles. The number of ether oxygens (including phenoxy) is 4. The minimum Gasteiger partial charge on any atom is -0.493 e. The van der Waals surface area contributed by atoms with E-state index in [-0.39, 0.29) is 11.6 Å². The second-order valence-electron chi connectivity index (χ2n) is 8.28. The number of H-pyrrole nitrogens is 1. The van der Waals surface area contributed by atoms with E-state index in [1.807, 2.05) is 0 Å². The fraction of sp³-hybridized carbons (Fsp3) is 0.308. The third-order valence-electron chi connectivity index (χ3n) is 6.40. The third-order valence-corrected chi connectivity index (χ3v) is 7.32. The summed E-state index contributed by atoms with van der Waals surface area (Å²) < 4.78 is 21.9. The van der Waals surface area contributed by atoms with Gasteiger partial charge in [0.05, 0.1) is 51.9 Å². The second-order valence-corrected chi connectivity index (χ2v) is 9.26. The van der Waals surface area contributed by atoms with Crippen LogP contribution >= 0.6 is 11.3 Å². The number of aromatic nitrogens is 2. The highest BCUT2D eigenvalue weighted by atomic mass is 32.1. The summed E-state index contributed by atoms with van der Waals surface area (Å²) in [5.41, 5.74) is 2.76. The molecule has 0 spiro atoms. The van der Waals surface area contributed by atoms with Gasteiger partial charge in [-0.3, -0.25) is 9.69 Å². The number of aromatic amines is 1. The maximum absolute atomic E-state index is 12.9. The number of hydrogen-bond donors (Lipinski definition) is 1. The minimum atomic E-state index is -0.206. The van der Waals surface area contributed by atoms with Crippen molar-refractivity contribution in [1.82, 2.24) is 14.9 Å². The molecular weight excluding hydrogens is 466 g/mol. The normalized spacial score (nSPS) is 15.6. The first-order valence-corrected chi connectivity index (χ1v) is 12.1. The average Bonchev–Trinajstić information content (AvgIpc) is 3.41. The lowest BCUT2D eigenvalue weighted by atomic mass is 9.91. The zero-order valence-corrected chi connectivity index (χ0v) is 20.9. The Labute approximate surface area is 207 Å². The predicted molar refractivity (Wildman–Crippen MR) is 135 cm³/mol. The Morgan fingerprint density at radius 1 is 1.00 bits per heavy atom. The Kier molecular flexibility index (Phi) is 6.36. The van der Waals surface area contributed by atoms with E-state index in [9.17, 15) is 4.79 Å². The lowest BCUT2D eigenvalue weighted by Crippen LogP contribution is -2.36. The van der Waals surface area contributed by atoms with Gasteiger partial charge in [0, 0.05) is 17.5 Å². The molecule has 0 saturated heterocycles. The highest BCUT2D eigenvalue weighted by Crippen LogP contribution is 2.42. The van der Waals surface area contributed by atoms with Crippen molar-refractivity contribution in [2.45, 2.75) is 19.0 Å². The summed E-state index contributed by atoms with van der Waals surface area (Å²) in [6.07, 6.45) is 0.848. The van der Waals surface area contributed by atoms with E-state index in [2.05, 4.69) is 39.5 Å². The molecule has 0 saturated carbocycles. The van der Waals surface area contributed by atoms with E-state index >= 15 is 0 Å². The molecule has 0 aliphatic carbocycles. The smallest absolute Gasteiger partial charge is 0.258 e. The first kappa shape index (κ1) is 23.2. The van der Waals surface area contributed by atoms with Gasteiger partial charge in [-0.15, -0.1) is 11.3 Å². The number of methoxy groups -OCH3 is 4. The fourth-order valence-corrected chi connectivity index (χ4v) is 5.61. The highest BCUT2D eigenvalue weighted by molar-refractivity contribution is 7.10. The standard InChI is InChI=1S/C26H27N3O5S/c1-31-19-10-15-7-8-29(25(23-6-5-9-35-23)16(15)11-20(19)32-2)14-24-27-18-13-22(34-4)21(33-3)12-17(18)26(30)28-24/h5-6,9-13,25H,7-8,14H2,1-4H3,(H,27,28,30)/t25-/m1/s1. The predicted octanol–water partition coefficient (Wildman–Crippen LogP) is 4.17. The molecule has 1 aliphatic rings. The van der Waals surface area contributed by atoms with Crippen LogP contribution in [0.25, 0.3) is 10.9 Å². The van der Waals surface area contributed by atoms with Gasteiger partial charge in [0.1, 0.15) is 5.82 Å². The molecule has 1 N–H and O–H groups in total. The summed E-state index contributed by atoms with van der Waals surface area (Å²) in [6, 6.07) is 11.7. The van der Waals surface area contributed by atoms with E-state index < -0.39 is 0 Å². The fourth-order valence-electron chi connectivity index (χ4n) is 4.73. The van der Waals surface area contributed by atoms with E-state index in [1.165, 1.54) is 16.0 Å². The van der Waals surface area contributed by atoms with Crippen molar-refractivity contribution in [3.63, 3.8) is 0 Å². The molecule has 182 valence electrons. The Balaban J connectivity index is 1.56. The quantitative estimate of drug-likeness (QED) is 0.414. The first-order chi connectivity index (χ1) is 17.1. The van der Waals surface area contributed by atoms with Gasteiger partial charge < -0.3 is 23.9 Å². The van der Waals surface area contributed by atoms with Crippen molar-refractivity contribution in [2.75, 3.05) is 35.0 Å². The van der Waals surface area contributed by atoms with Crippen LogP contribution in [0.1, 0.15) is 27.9 Å². The van der Waals surface area contributed by atoms with Gasteiger partial charge in [-0.1, -0.05) is 6.07 Å². The number of rotatable bonds is 7. The number of thiophene rings is 1. The van der Waals surface area contributed by atoms with Crippen LogP contribution in [-0.4, -0.2) is 49.9 Å². The van der Waals surface area contributed by atoms with Crippen molar-refractivity contribution in [3.05, 3.63) is 74.0 Å². The largest absolute Gasteiger partial charge is 0.493 e. The maximum atomic E-state index is 12.9. The number of hydrogen-bond acceptors (Lipinski definition) is 8. The topological polar surface area (TPSA) is 85.9 Å². The van der Waals surface area contributed by atoms with Crippen molar-refractivity contribution >= 4 is 22.2 Å². The van der Waals surface area contributed by atoms with Crippen molar-refractivity contribution in [2.24, 2.45) is 0 Å². The molecule has 1 aliphatic heterocycles. The SMILES string of the molecule is COc1cc2c(cc1OC)[C@H](c1cccs1)N(Cc1nc3cc(OC)c(OC)cc3c(=O)[nH]1)CC2. The zero-order valence-electron chi connectivity index (χ0n) is 20.1. The van der Waals surface area contributed by atoms with Crippen LogP contribution in [0.4, 0.5) is 0 Å². The lowest BCUT2D eigenvalue weighted by Gasteiger charge is -2.37. The van der Waals surface area contributed by atoms with Crippen LogP contribution in [0.2, 0.25) is 0 Å². The summed E-state index contributed by atoms with van der Waals surface area (Å²) in [5.74, 6) is 3.06. The van der Waals surface area contributed by atoms with Crippen LogP contribution in [0.15, 0.2) is 46.6 Å². The Morgan fingerprint density at radius 3 is 2.37 bits per heavy atom. The van der Waals surface area contributed by atoms with Crippen molar-refractivity contribution < 1.29 is 18.9 Å². The Morgan fingerprint density at radius 2 is 1.69 bits per heavy atom. The monoisotopic (exact) mass is 493 g/mol. The van der Waals surface area contributed by atoms with Crippen LogP contribution in [0.3, 0.4) is 0 Å². The number of nitrogens with zero attached hydrogens (tertiary/aromatic N) is 2. The number of benzene rings is 2. The van der Waals surface area contributed by atoms with E-state index in [4.69, 9.17) is 23.9 Å². The number of nitrogens with one attached hydrogen (secondary N) is 1. The van der Waals surface area contributed by atoms with Gasteiger partial charge >= 0.3 is 0 Å². The van der Waals surface area contributed by atoms with Gasteiger partial charge in [0.15, 0.2) is 23.0 Å². The molecule has 8 nitrogen and oxygen atoms in total. The van der Waals surface area contributed by atoms with Gasteiger partial charge in [-0.2, -0.15) is 0 Å². The minimum absolute atomic E-state index is 0.00459. The van der Waals surface area contributed by atoms with Crippen LogP contribution in [0, 0.1) is 0 Å². The molecule has 3 heterocycles. The molecule has 0 radical (unpaired) electrons.